The zero-order chi connectivity index (χ0) is 17.3. The summed E-state index contributed by atoms with van der Waals surface area (Å²) in [5.74, 6) is 0.880. The van der Waals surface area contributed by atoms with Crippen molar-refractivity contribution in [1.82, 2.24) is 5.01 Å². The van der Waals surface area contributed by atoms with Gasteiger partial charge in [-0.2, -0.15) is 5.10 Å². The number of para-hydroxylation sites is 1. The van der Waals surface area contributed by atoms with E-state index in [9.17, 15) is 0 Å². The van der Waals surface area contributed by atoms with Crippen molar-refractivity contribution < 1.29 is 9.64 Å². The second kappa shape index (κ2) is 9.04. The van der Waals surface area contributed by atoms with Crippen LogP contribution in [-0.4, -0.2) is 44.5 Å². The van der Waals surface area contributed by atoms with Crippen molar-refractivity contribution in [3.05, 3.63) is 71.8 Å². The molecule has 4 nitrogen and oxygen atoms in total. The van der Waals surface area contributed by atoms with E-state index in [2.05, 4.69) is 40.4 Å². The summed E-state index contributed by atoms with van der Waals surface area (Å²) in [6.07, 6.45) is 5.87. The number of benzene rings is 2. The van der Waals surface area contributed by atoms with E-state index >= 15 is 0 Å². The van der Waals surface area contributed by atoms with Gasteiger partial charge >= 0.3 is 0 Å². The molecule has 0 unspecified atom stereocenters. The maximum Gasteiger partial charge on any atom is 0.126 e. The van der Waals surface area contributed by atoms with Crippen LogP contribution in [0, 0.1) is 0 Å². The second-order valence-corrected chi connectivity index (χ2v) is 6.23. The number of allylic oxidation sites excluding steroid dienone is 1. The molecule has 2 aromatic rings. The van der Waals surface area contributed by atoms with Crippen LogP contribution in [0.1, 0.15) is 11.1 Å². The normalized spacial score (nSPS) is 16.0. The molecular weight excluding hydrogens is 310 g/mol. The molecule has 1 heterocycles. The fourth-order valence-corrected chi connectivity index (χ4v) is 3.07. The van der Waals surface area contributed by atoms with Gasteiger partial charge in [-0.15, -0.1) is 0 Å². The van der Waals surface area contributed by atoms with Crippen molar-refractivity contribution >= 4 is 12.3 Å². The number of methoxy groups -OCH3 is 1. The van der Waals surface area contributed by atoms with Crippen LogP contribution in [0.2, 0.25) is 0 Å². The summed E-state index contributed by atoms with van der Waals surface area (Å²) in [5.41, 5.74) is 2.47. The molecule has 25 heavy (non-hydrogen) atoms. The molecule has 130 valence electrons. The van der Waals surface area contributed by atoms with E-state index in [1.54, 1.807) is 12.0 Å². The number of hydrazone groups is 1. The van der Waals surface area contributed by atoms with E-state index in [-0.39, 0.29) is 0 Å². The van der Waals surface area contributed by atoms with Gasteiger partial charge in [0, 0.05) is 17.3 Å². The van der Waals surface area contributed by atoms with Crippen molar-refractivity contribution in [3.63, 3.8) is 0 Å². The predicted molar refractivity (Wildman–Crippen MR) is 103 cm³/mol. The molecule has 0 aliphatic carbocycles. The highest BCUT2D eigenvalue weighted by Gasteiger charge is 2.18. The Morgan fingerprint density at radius 1 is 1.04 bits per heavy atom. The van der Waals surface area contributed by atoms with Crippen LogP contribution in [0.15, 0.2) is 65.8 Å². The lowest BCUT2D eigenvalue weighted by molar-refractivity contribution is -0.918. The Morgan fingerprint density at radius 2 is 1.76 bits per heavy atom. The number of piperazine rings is 1. The van der Waals surface area contributed by atoms with Gasteiger partial charge < -0.3 is 9.64 Å². The summed E-state index contributed by atoms with van der Waals surface area (Å²) >= 11 is 0. The summed E-state index contributed by atoms with van der Waals surface area (Å²) in [4.78, 5) is 1.63. The molecule has 2 aromatic carbocycles. The minimum absolute atomic E-state index is 0.880. The van der Waals surface area contributed by atoms with E-state index in [0.717, 1.165) is 44.0 Å². The zero-order valence-corrected chi connectivity index (χ0v) is 14.8. The average Bonchev–Trinajstić information content (AvgIpc) is 2.67. The molecule has 4 heteroatoms. The molecule has 0 saturated carbocycles. The summed E-state index contributed by atoms with van der Waals surface area (Å²) in [5, 5.41) is 6.72. The minimum Gasteiger partial charge on any atom is -0.496 e. The van der Waals surface area contributed by atoms with Gasteiger partial charge in [-0.05, 0) is 18.2 Å². The van der Waals surface area contributed by atoms with Gasteiger partial charge in [-0.1, -0.05) is 48.5 Å². The van der Waals surface area contributed by atoms with Gasteiger partial charge in [-0.25, -0.2) is 0 Å². The first kappa shape index (κ1) is 17.2. The topological polar surface area (TPSA) is 29.3 Å². The van der Waals surface area contributed by atoms with Gasteiger partial charge in [0.05, 0.1) is 33.3 Å². The molecule has 1 fully saturated rings. The molecule has 1 aliphatic rings. The van der Waals surface area contributed by atoms with E-state index in [1.807, 2.05) is 42.6 Å². The number of hydrogen-bond acceptors (Lipinski definition) is 3. The molecule has 1 aliphatic heterocycles. The molecule has 0 amide bonds. The lowest BCUT2D eigenvalue weighted by Crippen LogP contribution is -3.13. The Kier molecular flexibility index (Phi) is 6.23. The van der Waals surface area contributed by atoms with Crippen molar-refractivity contribution in [2.45, 2.75) is 6.54 Å². The third-order valence-corrected chi connectivity index (χ3v) is 4.47. The molecule has 0 radical (unpaired) electrons. The Labute approximate surface area is 150 Å². The SMILES string of the molecule is COc1ccccc1/C=C/C=N/N1CC[NH+](Cc2ccccc2)CC1. The van der Waals surface area contributed by atoms with Gasteiger partial charge in [0.25, 0.3) is 0 Å². The number of hydrogen-bond donors (Lipinski definition) is 1. The summed E-state index contributed by atoms with van der Waals surface area (Å²) in [7, 11) is 1.69. The molecule has 0 bridgehead atoms. The zero-order valence-electron chi connectivity index (χ0n) is 14.8. The first-order valence-electron chi connectivity index (χ1n) is 8.81. The Balaban J connectivity index is 1.45. The van der Waals surface area contributed by atoms with E-state index < -0.39 is 0 Å². The molecule has 0 atom stereocenters. The number of nitrogens with zero attached hydrogens (tertiary/aromatic N) is 2. The van der Waals surface area contributed by atoms with Crippen LogP contribution in [0.4, 0.5) is 0 Å². The van der Waals surface area contributed by atoms with Crippen molar-refractivity contribution in [3.8, 4) is 5.75 Å². The molecular formula is C21H26N3O+. The number of quaternary nitrogens is 1. The quantitative estimate of drug-likeness (QED) is 0.819. The van der Waals surface area contributed by atoms with Crippen LogP contribution in [0.3, 0.4) is 0 Å². The monoisotopic (exact) mass is 336 g/mol. The molecule has 1 saturated heterocycles. The van der Waals surface area contributed by atoms with Gasteiger partial charge in [0.2, 0.25) is 0 Å². The van der Waals surface area contributed by atoms with Crippen LogP contribution in [-0.2, 0) is 6.54 Å². The minimum atomic E-state index is 0.880. The largest absolute Gasteiger partial charge is 0.496 e. The van der Waals surface area contributed by atoms with Gasteiger partial charge in [-0.3, -0.25) is 5.01 Å². The highest BCUT2D eigenvalue weighted by Crippen LogP contribution is 2.18. The fraction of sp³-hybridized carbons (Fsp3) is 0.286. The third kappa shape index (κ3) is 5.19. The molecule has 0 spiro atoms. The van der Waals surface area contributed by atoms with Crippen molar-refractivity contribution in [2.75, 3.05) is 33.3 Å². The number of nitrogens with one attached hydrogen (secondary N) is 1. The van der Waals surface area contributed by atoms with Crippen LogP contribution < -0.4 is 9.64 Å². The average molecular weight is 336 g/mol. The smallest absolute Gasteiger partial charge is 0.126 e. The standard InChI is InChI=1S/C21H25N3O/c1-25-21-12-6-5-10-20(21)11-7-13-22-24-16-14-23(15-17-24)18-19-8-3-2-4-9-19/h2-13H,14-18H2,1H3/p+1/b11-7+,22-13+. The van der Waals surface area contributed by atoms with Crippen molar-refractivity contribution in [1.29, 1.82) is 0 Å². The number of ether oxygens (including phenoxy) is 1. The first-order valence-corrected chi connectivity index (χ1v) is 8.81. The predicted octanol–water partition coefficient (Wildman–Crippen LogP) is 2.09. The third-order valence-electron chi connectivity index (χ3n) is 4.47. The lowest BCUT2D eigenvalue weighted by atomic mass is 10.2. The highest BCUT2D eigenvalue weighted by atomic mass is 16.5. The Hall–Kier alpha value is -2.59. The first-order chi connectivity index (χ1) is 12.3. The van der Waals surface area contributed by atoms with Crippen LogP contribution in [0.25, 0.3) is 6.08 Å². The second-order valence-electron chi connectivity index (χ2n) is 6.23. The Morgan fingerprint density at radius 3 is 2.52 bits per heavy atom. The van der Waals surface area contributed by atoms with E-state index in [4.69, 9.17) is 4.74 Å². The molecule has 0 aromatic heterocycles. The maximum absolute atomic E-state index is 5.34. The van der Waals surface area contributed by atoms with Gasteiger partial charge in [0.1, 0.15) is 12.3 Å². The van der Waals surface area contributed by atoms with Crippen LogP contribution in [0.5, 0.6) is 5.75 Å². The maximum atomic E-state index is 5.34. The lowest BCUT2D eigenvalue weighted by Gasteiger charge is -2.30. The van der Waals surface area contributed by atoms with Crippen molar-refractivity contribution in [2.24, 2.45) is 5.10 Å². The van der Waals surface area contributed by atoms with Gasteiger partial charge in [0.15, 0.2) is 0 Å². The van der Waals surface area contributed by atoms with E-state index in [0.29, 0.717) is 0 Å². The molecule has 1 N–H and O–H groups in total. The summed E-state index contributed by atoms with van der Waals surface area (Å²) in [6, 6.07) is 18.7. The Bertz CT molecular complexity index is 704. The fourth-order valence-electron chi connectivity index (χ4n) is 3.07. The summed E-state index contributed by atoms with van der Waals surface area (Å²) in [6.45, 7) is 5.36. The van der Waals surface area contributed by atoms with Crippen LogP contribution >= 0.6 is 0 Å². The van der Waals surface area contributed by atoms with E-state index in [1.165, 1.54) is 5.56 Å². The summed E-state index contributed by atoms with van der Waals surface area (Å²) < 4.78 is 5.34. The molecule has 3 rings (SSSR count). The number of rotatable bonds is 6. The highest BCUT2D eigenvalue weighted by molar-refractivity contribution is 5.79.